The molecule has 1 heterocycles. The zero-order valence-corrected chi connectivity index (χ0v) is 10.5. The van der Waals surface area contributed by atoms with Crippen LogP contribution in [0.4, 0.5) is 0 Å². The molecule has 2 rings (SSSR count). The third kappa shape index (κ3) is 2.59. The van der Waals surface area contributed by atoms with Gasteiger partial charge >= 0.3 is 5.97 Å². The number of nitrogens with zero attached hydrogens (tertiary/aromatic N) is 1. The number of hydrogen-bond donors (Lipinski definition) is 2. The van der Waals surface area contributed by atoms with Crippen LogP contribution in [-0.2, 0) is 11.2 Å². The Morgan fingerprint density at radius 2 is 2.06 bits per heavy atom. The van der Waals surface area contributed by atoms with E-state index in [2.05, 4.69) is 9.97 Å². The molecular formula is C14H16N2O2. The van der Waals surface area contributed by atoms with E-state index in [0.717, 1.165) is 28.3 Å². The molecule has 2 aromatic rings. The largest absolute Gasteiger partial charge is 0.481 e. The van der Waals surface area contributed by atoms with Crippen molar-refractivity contribution in [3.63, 3.8) is 0 Å². The number of carbonyl (C=O) groups is 1. The first kappa shape index (κ1) is 12.4. The Morgan fingerprint density at radius 1 is 1.33 bits per heavy atom. The van der Waals surface area contributed by atoms with Crippen LogP contribution in [0.25, 0.3) is 11.4 Å². The Kier molecular flexibility index (Phi) is 3.46. The molecule has 1 aromatic carbocycles. The molecule has 0 aliphatic carbocycles. The van der Waals surface area contributed by atoms with E-state index < -0.39 is 5.97 Å². The summed E-state index contributed by atoms with van der Waals surface area (Å²) in [5.41, 5.74) is 3.98. The number of nitrogens with one attached hydrogen (secondary N) is 1. The van der Waals surface area contributed by atoms with Crippen molar-refractivity contribution in [2.24, 2.45) is 0 Å². The van der Waals surface area contributed by atoms with Gasteiger partial charge in [0.05, 0.1) is 12.1 Å². The van der Waals surface area contributed by atoms with Crippen molar-refractivity contribution in [3.05, 3.63) is 41.2 Å². The number of aromatic nitrogens is 2. The zero-order valence-electron chi connectivity index (χ0n) is 10.5. The number of aliphatic carboxylic acids is 1. The van der Waals surface area contributed by atoms with E-state index in [4.69, 9.17) is 5.11 Å². The van der Waals surface area contributed by atoms with Crippen molar-refractivity contribution in [3.8, 4) is 11.4 Å². The third-order valence-electron chi connectivity index (χ3n) is 2.96. The summed E-state index contributed by atoms with van der Waals surface area (Å²) in [5.74, 6) is 0.0147. The van der Waals surface area contributed by atoms with E-state index in [-0.39, 0.29) is 6.42 Å². The fraction of sp³-hybridized carbons (Fsp3) is 0.286. The Labute approximate surface area is 106 Å². The molecule has 0 amide bonds. The van der Waals surface area contributed by atoms with Gasteiger partial charge in [-0.2, -0.15) is 0 Å². The number of aryl methyl sites for hydroxylation is 3. The van der Waals surface area contributed by atoms with E-state index in [1.165, 1.54) is 0 Å². The van der Waals surface area contributed by atoms with Crippen molar-refractivity contribution >= 4 is 5.97 Å². The summed E-state index contributed by atoms with van der Waals surface area (Å²) < 4.78 is 0. The summed E-state index contributed by atoms with van der Waals surface area (Å²) in [5, 5.41) is 8.70. The molecule has 0 bridgehead atoms. The Morgan fingerprint density at radius 3 is 2.72 bits per heavy atom. The lowest BCUT2D eigenvalue weighted by atomic mass is 10.1. The number of carboxylic acids is 1. The molecule has 94 valence electrons. The maximum absolute atomic E-state index is 10.6. The fourth-order valence-corrected chi connectivity index (χ4v) is 1.93. The highest BCUT2D eigenvalue weighted by Gasteiger charge is 2.11. The number of imidazole rings is 1. The molecule has 1 aromatic heterocycles. The predicted octanol–water partition coefficient (Wildman–Crippen LogP) is 2.71. The zero-order chi connectivity index (χ0) is 13.1. The van der Waals surface area contributed by atoms with Gasteiger partial charge in [0.25, 0.3) is 0 Å². The molecule has 2 N–H and O–H groups in total. The first-order chi connectivity index (χ1) is 8.58. The standard InChI is InChI=1S/C14H16N2O2/c1-9-5-3-4-6-11(9)14-15-10(2)12(16-14)7-8-13(17)18/h3-6H,7-8H2,1-2H3,(H,15,16)(H,17,18). The van der Waals surface area contributed by atoms with Crippen LogP contribution >= 0.6 is 0 Å². The van der Waals surface area contributed by atoms with Crippen molar-refractivity contribution in [2.45, 2.75) is 26.7 Å². The van der Waals surface area contributed by atoms with Crippen molar-refractivity contribution in [2.75, 3.05) is 0 Å². The minimum Gasteiger partial charge on any atom is -0.481 e. The summed E-state index contributed by atoms with van der Waals surface area (Å²) in [7, 11) is 0. The van der Waals surface area contributed by atoms with Gasteiger partial charge < -0.3 is 10.1 Å². The van der Waals surface area contributed by atoms with Crippen LogP contribution in [0.1, 0.15) is 23.4 Å². The molecule has 0 saturated carbocycles. The number of carboxylic acid groups (broad SMARTS) is 1. The Balaban J connectivity index is 2.29. The predicted molar refractivity (Wildman–Crippen MR) is 69.5 cm³/mol. The third-order valence-corrected chi connectivity index (χ3v) is 2.96. The van der Waals surface area contributed by atoms with Crippen molar-refractivity contribution in [1.82, 2.24) is 9.97 Å². The number of rotatable bonds is 4. The van der Waals surface area contributed by atoms with Gasteiger partial charge in [0.1, 0.15) is 5.82 Å². The lowest BCUT2D eigenvalue weighted by Gasteiger charge is -2.00. The van der Waals surface area contributed by atoms with Crippen LogP contribution in [0.3, 0.4) is 0 Å². The van der Waals surface area contributed by atoms with E-state index in [1.54, 1.807) is 0 Å². The van der Waals surface area contributed by atoms with Crippen molar-refractivity contribution < 1.29 is 9.90 Å². The van der Waals surface area contributed by atoms with E-state index >= 15 is 0 Å². The molecule has 0 atom stereocenters. The van der Waals surface area contributed by atoms with Crippen LogP contribution in [0.15, 0.2) is 24.3 Å². The Hall–Kier alpha value is -2.10. The average Bonchev–Trinajstić information content (AvgIpc) is 2.68. The monoisotopic (exact) mass is 244 g/mol. The minimum absolute atomic E-state index is 0.110. The minimum atomic E-state index is -0.796. The highest BCUT2D eigenvalue weighted by atomic mass is 16.4. The maximum Gasteiger partial charge on any atom is 0.303 e. The molecule has 0 fully saturated rings. The lowest BCUT2D eigenvalue weighted by Crippen LogP contribution is -1.98. The number of benzene rings is 1. The quantitative estimate of drug-likeness (QED) is 0.869. The highest BCUT2D eigenvalue weighted by Crippen LogP contribution is 2.22. The van der Waals surface area contributed by atoms with E-state index in [1.807, 2.05) is 38.1 Å². The SMILES string of the molecule is Cc1ccccc1-c1nc(CCC(=O)O)c(C)[nH]1. The summed E-state index contributed by atoms with van der Waals surface area (Å²) in [6, 6.07) is 8.00. The lowest BCUT2D eigenvalue weighted by molar-refractivity contribution is -0.136. The molecule has 0 aliphatic heterocycles. The topological polar surface area (TPSA) is 66.0 Å². The summed E-state index contributed by atoms with van der Waals surface area (Å²) in [6.07, 6.45) is 0.572. The second-order valence-corrected chi connectivity index (χ2v) is 4.37. The number of hydrogen-bond acceptors (Lipinski definition) is 2. The van der Waals surface area contributed by atoms with E-state index in [9.17, 15) is 4.79 Å². The van der Waals surface area contributed by atoms with Gasteiger partial charge in [-0.3, -0.25) is 4.79 Å². The van der Waals surface area contributed by atoms with Crippen LogP contribution in [-0.4, -0.2) is 21.0 Å². The second-order valence-electron chi connectivity index (χ2n) is 4.37. The Bertz CT molecular complexity index is 573. The molecule has 4 heteroatoms. The van der Waals surface area contributed by atoms with Gasteiger partial charge in [0, 0.05) is 17.7 Å². The van der Waals surface area contributed by atoms with Gasteiger partial charge in [-0.25, -0.2) is 4.98 Å². The van der Waals surface area contributed by atoms with Crippen LogP contribution in [0.2, 0.25) is 0 Å². The smallest absolute Gasteiger partial charge is 0.303 e. The van der Waals surface area contributed by atoms with Gasteiger partial charge in [-0.15, -0.1) is 0 Å². The molecule has 0 spiro atoms. The second kappa shape index (κ2) is 5.04. The van der Waals surface area contributed by atoms with Crippen LogP contribution in [0.5, 0.6) is 0 Å². The molecule has 18 heavy (non-hydrogen) atoms. The fourth-order valence-electron chi connectivity index (χ4n) is 1.93. The van der Waals surface area contributed by atoms with Gasteiger partial charge in [-0.1, -0.05) is 24.3 Å². The maximum atomic E-state index is 10.6. The molecule has 4 nitrogen and oxygen atoms in total. The molecule has 0 radical (unpaired) electrons. The summed E-state index contributed by atoms with van der Waals surface area (Å²) in [4.78, 5) is 18.3. The molecule has 0 unspecified atom stereocenters. The first-order valence-corrected chi connectivity index (χ1v) is 5.91. The normalized spacial score (nSPS) is 10.6. The first-order valence-electron chi connectivity index (χ1n) is 5.91. The van der Waals surface area contributed by atoms with E-state index in [0.29, 0.717) is 6.42 Å². The summed E-state index contributed by atoms with van der Waals surface area (Å²) >= 11 is 0. The van der Waals surface area contributed by atoms with Gasteiger partial charge in [0.15, 0.2) is 0 Å². The van der Waals surface area contributed by atoms with Gasteiger partial charge in [-0.05, 0) is 19.4 Å². The number of H-pyrrole nitrogens is 1. The van der Waals surface area contributed by atoms with Crippen molar-refractivity contribution in [1.29, 1.82) is 0 Å². The molecule has 0 aliphatic rings. The van der Waals surface area contributed by atoms with Crippen LogP contribution in [0, 0.1) is 13.8 Å². The van der Waals surface area contributed by atoms with Crippen LogP contribution < -0.4 is 0 Å². The average molecular weight is 244 g/mol. The molecular weight excluding hydrogens is 228 g/mol. The van der Waals surface area contributed by atoms with Gasteiger partial charge in [0.2, 0.25) is 0 Å². The number of aromatic amines is 1. The summed E-state index contributed by atoms with van der Waals surface area (Å²) in [6.45, 7) is 3.95. The molecule has 0 saturated heterocycles. The highest BCUT2D eigenvalue weighted by molar-refractivity contribution is 5.67.